The molecule has 0 radical (unpaired) electrons. The SMILES string of the molecule is CCOC(=O)CCCCCCCCCCc1ccccc1CCCCCCCCCCC(=O)OCC. The monoisotopic (exact) mass is 502 g/mol. The van der Waals surface area contributed by atoms with Crippen LogP contribution >= 0.6 is 0 Å². The molecule has 4 heteroatoms. The van der Waals surface area contributed by atoms with E-state index >= 15 is 0 Å². The quantitative estimate of drug-likeness (QED) is 0.105. The third-order valence-electron chi connectivity index (χ3n) is 6.88. The predicted molar refractivity (Wildman–Crippen MR) is 150 cm³/mol. The molecule has 0 aromatic heterocycles. The number of hydrogen-bond donors (Lipinski definition) is 0. The van der Waals surface area contributed by atoms with Crippen LogP contribution in [0, 0.1) is 0 Å². The average Bonchev–Trinajstić information content (AvgIpc) is 2.87. The highest BCUT2D eigenvalue weighted by Gasteiger charge is 2.04. The van der Waals surface area contributed by atoms with Crippen LogP contribution in [-0.2, 0) is 31.9 Å². The molecule has 0 aliphatic carbocycles. The molecule has 0 aliphatic heterocycles. The molecule has 0 atom stereocenters. The molecule has 1 rings (SSSR count). The summed E-state index contributed by atoms with van der Waals surface area (Å²) in [5, 5.41) is 0. The van der Waals surface area contributed by atoms with Crippen LogP contribution in [-0.4, -0.2) is 25.2 Å². The van der Waals surface area contributed by atoms with Gasteiger partial charge in [0.15, 0.2) is 0 Å². The number of rotatable bonds is 24. The number of unbranched alkanes of at least 4 members (excludes halogenated alkanes) is 14. The van der Waals surface area contributed by atoms with Crippen LogP contribution in [0.5, 0.6) is 0 Å². The number of carbonyl (C=O) groups excluding carboxylic acids is 2. The predicted octanol–water partition coefficient (Wildman–Crippen LogP) is 8.92. The summed E-state index contributed by atoms with van der Waals surface area (Å²) in [6.07, 6.45) is 23.3. The van der Waals surface area contributed by atoms with Gasteiger partial charge in [-0.05, 0) is 63.5 Å². The minimum atomic E-state index is -0.0476. The van der Waals surface area contributed by atoms with Gasteiger partial charge in [-0.25, -0.2) is 0 Å². The number of esters is 2. The average molecular weight is 503 g/mol. The van der Waals surface area contributed by atoms with Gasteiger partial charge in [-0.1, -0.05) is 101 Å². The first-order valence-electron chi connectivity index (χ1n) is 15.0. The highest BCUT2D eigenvalue weighted by Crippen LogP contribution is 2.18. The van der Waals surface area contributed by atoms with Crippen molar-refractivity contribution in [2.45, 2.75) is 142 Å². The minimum absolute atomic E-state index is 0.0476. The summed E-state index contributed by atoms with van der Waals surface area (Å²) in [7, 11) is 0. The molecular weight excluding hydrogens is 448 g/mol. The molecule has 4 nitrogen and oxygen atoms in total. The number of hydrogen-bond acceptors (Lipinski definition) is 4. The fraction of sp³-hybridized carbons (Fsp3) is 0.750. The smallest absolute Gasteiger partial charge is 0.305 e. The van der Waals surface area contributed by atoms with E-state index in [1.54, 1.807) is 11.1 Å². The number of carbonyl (C=O) groups is 2. The maximum absolute atomic E-state index is 11.3. The largest absolute Gasteiger partial charge is 0.466 e. The second-order valence-corrected chi connectivity index (χ2v) is 10.0. The van der Waals surface area contributed by atoms with E-state index in [2.05, 4.69) is 24.3 Å². The highest BCUT2D eigenvalue weighted by molar-refractivity contribution is 5.69. The van der Waals surface area contributed by atoms with Crippen molar-refractivity contribution in [3.05, 3.63) is 35.4 Å². The molecule has 0 amide bonds. The van der Waals surface area contributed by atoms with Gasteiger partial charge in [0.1, 0.15) is 0 Å². The van der Waals surface area contributed by atoms with Crippen molar-refractivity contribution in [1.82, 2.24) is 0 Å². The standard InChI is InChI=1S/C32H54O4/c1-3-35-31(33)27-19-15-11-7-5-9-13-17-23-29-25-21-22-26-30(29)24-18-14-10-6-8-12-16-20-28-32(34)36-4-2/h21-22,25-26H,3-20,23-24,27-28H2,1-2H3. The van der Waals surface area contributed by atoms with E-state index in [4.69, 9.17) is 9.47 Å². The molecule has 0 saturated carbocycles. The first kappa shape index (κ1) is 32.2. The summed E-state index contributed by atoms with van der Waals surface area (Å²) in [6, 6.07) is 9.04. The summed E-state index contributed by atoms with van der Waals surface area (Å²) in [6.45, 7) is 4.71. The number of ether oxygens (including phenoxy) is 2. The normalized spacial score (nSPS) is 10.9. The van der Waals surface area contributed by atoms with Crippen LogP contribution in [0.4, 0.5) is 0 Å². The lowest BCUT2D eigenvalue weighted by Crippen LogP contribution is -2.03. The lowest BCUT2D eigenvalue weighted by molar-refractivity contribution is -0.144. The van der Waals surface area contributed by atoms with Gasteiger partial charge >= 0.3 is 11.9 Å². The Morgan fingerprint density at radius 3 is 1.14 bits per heavy atom. The van der Waals surface area contributed by atoms with Gasteiger partial charge in [-0.3, -0.25) is 9.59 Å². The highest BCUT2D eigenvalue weighted by atomic mass is 16.5. The molecular formula is C32H54O4. The van der Waals surface area contributed by atoms with Gasteiger partial charge in [0, 0.05) is 12.8 Å². The Morgan fingerprint density at radius 1 is 0.500 bits per heavy atom. The van der Waals surface area contributed by atoms with Gasteiger partial charge in [0.05, 0.1) is 13.2 Å². The molecule has 206 valence electrons. The zero-order chi connectivity index (χ0) is 26.1. The van der Waals surface area contributed by atoms with E-state index in [9.17, 15) is 9.59 Å². The van der Waals surface area contributed by atoms with E-state index in [0.29, 0.717) is 26.1 Å². The summed E-state index contributed by atoms with van der Waals surface area (Å²) in [5.41, 5.74) is 3.11. The van der Waals surface area contributed by atoms with Gasteiger partial charge in [-0.15, -0.1) is 0 Å². The summed E-state index contributed by atoms with van der Waals surface area (Å²) in [5.74, 6) is -0.0952. The Hall–Kier alpha value is -1.84. The first-order chi connectivity index (χ1) is 17.7. The van der Waals surface area contributed by atoms with Gasteiger partial charge in [0.25, 0.3) is 0 Å². The molecule has 1 aromatic carbocycles. The fourth-order valence-electron chi connectivity index (χ4n) is 4.80. The van der Waals surface area contributed by atoms with E-state index in [1.165, 1.54) is 89.9 Å². The number of benzene rings is 1. The number of aryl methyl sites for hydroxylation is 2. The minimum Gasteiger partial charge on any atom is -0.466 e. The molecule has 0 aliphatic rings. The third-order valence-corrected chi connectivity index (χ3v) is 6.88. The Balaban J connectivity index is 2.00. The van der Waals surface area contributed by atoms with Crippen molar-refractivity contribution >= 4 is 11.9 Å². The summed E-state index contributed by atoms with van der Waals surface area (Å²) in [4.78, 5) is 22.7. The van der Waals surface area contributed by atoms with Crippen molar-refractivity contribution in [1.29, 1.82) is 0 Å². The lowest BCUT2D eigenvalue weighted by atomic mass is 9.96. The molecule has 0 saturated heterocycles. The lowest BCUT2D eigenvalue weighted by Gasteiger charge is -2.10. The molecule has 0 N–H and O–H groups in total. The Bertz CT molecular complexity index is 613. The summed E-state index contributed by atoms with van der Waals surface area (Å²) < 4.78 is 9.94. The molecule has 0 heterocycles. The van der Waals surface area contributed by atoms with E-state index in [1.807, 2.05) is 13.8 Å². The van der Waals surface area contributed by atoms with Crippen LogP contribution < -0.4 is 0 Å². The zero-order valence-corrected chi connectivity index (χ0v) is 23.5. The van der Waals surface area contributed by atoms with Gasteiger partial charge in [-0.2, -0.15) is 0 Å². The van der Waals surface area contributed by atoms with E-state index < -0.39 is 0 Å². The Labute approximate surface area is 221 Å². The van der Waals surface area contributed by atoms with Crippen molar-refractivity contribution < 1.29 is 19.1 Å². The molecule has 0 fully saturated rings. The third kappa shape index (κ3) is 18.4. The molecule has 36 heavy (non-hydrogen) atoms. The van der Waals surface area contributed by atoms with Crippen LogP contribution in [0.15, 0.2) is 24.3 Å². The van der Waals surface area contributed by atoms with E-state index in [0.717, 1.165) is 25.7 Å². The molecule has 0 unspecified atom stereocenters. The second-order valence-electron chi connectivity index (χ2n) is 10.0. The Kier molecular flexibility index (Phi) is 21.1. The van der Waals surface area contributed by atoms with Crippen molar-refractivity contribution in [2.24, 2.45) is 0 Å². The summed E-state index contributed by atoms with van der Waals surface area (Å²) >= 11 is 0. The van der Waals surface area contributed by atoms with Gasteiger partial charge in [0.2, 0.25) is 0 Å². The second kappa shape index (κ2) is 23.6. The topological polar surface area (TPSA) is 52.6 Å². The van der Waals surface area contributed by atoms with Crippen LogP contribution in [0.3, 0.4) is 0 Å². The van der Waals surface area contributed by atoms with E-state index in [-0.39, 0.29) is 11.9 Å². The van der Waals surface area contributed by atoms with Crippen LogP contribution in [0.2, 0.25) is 0 Å². The maximum atomic E-state index is 11.3. The van der Waals surface area contributed by atoms with Crippen molar-refractivity contribution in [3.8, 4) is 0 Å². The maximum Gasteiger partial charge on any atom is 0.305 e. The molecule has 0 spiro atoms. The Morgan fingerprint density at radius 2 is 0.806 bits per heavy atom. The zero-order valence-electron chi connectivity index (χ0n) is 23.5. The first-order valence-corrected chi connectivity index (χ1v) is 15.0. The van der Waals surface area contributed by atoms with Crippen molar-refractivity contribution in [3.63, 3.8) is 0 Å². The van der Waals surface area contributed by atoms with Crippen molar-refractivity contribution in [2.75, 3.05) is 13.2 Å². The molecule has 0 bridgehead atoms. The fourth-order valence-corrected chi connectivity index (χ4v) is 4.80. The van der Waals surface area contributed by atoms with Crippen LogP contribution in [0.25, 0.3) is 0 Å². The van der Waals surface area contributed by atoms with Crippen LogP contribution in [0.1, 0.15) is 141 Å². The van der Waals surface area contributed by atoms with Gasteiger partial charge < -0.3 is 9.47 Å². The molecule has 1 aromatic rings.